The average Bonchev–Trinajstić information content (AvgIpc) is 3.34. The Morgan fingerprint density at radius 3 is 2.63 bits per heavy atom. The number of nitrogens with one attached hydrogen (secondary N) is 1. The number of carbonyl (C=O) groups excluding carboxylic acids is 2. The number of fused-ring (bicyclic) bond motifs is 1. The predicted molar refractivity (Wildman–Crippen MR) is 104 cm³/mol. The Morgan fingerprint density at radius 2 is 1.89 bits per heavy atom. The molecule has 6 heteroatoms. The van der Waals surface area contributed by atoms with E-state index in [1.54, 1.807) is 0 Å². The first kappa shape index (κ1) is 18.1. The van der Waals surface area contributed by atoms with Crippen LogP contribution in [-0.4, -0.2) is 55.5 Å². The van der Waals surface area contributed by atoms with Gasteiger partial charge in [0.2, 0.25) is 5.91 Å². The summed E-state index contributed by atoms with van der Waals surface area (Å²) in [5.41, 5.74) is 1.64. The molecule has 2 aliphatic heterocycles. The van der Waals surface area contributed by atoms with Crippen molar-refractivity contribution in [3.63, 3.8) is 0 Å². The van der Waals surface area contributed by atoms with Crippen LogP contribution < -0.4 is 15.0 Å². The summed E-state index contributed by atoms with van der Waals surface area (Å²) in [5.74, 6) is 0.923. The Hall–Kier alpha value is -2.24. The first-order valence-corrected chi connectivity index (χ1v) is 10.2. The molecule has 2 fully saturated rings. The number of amides is 2. The molecule has 1 aliphatic carbocycles. The van der Waals surface area contributed by atoms with Crippen molar-refractivity contribution < 1.29 is 14.3 Å². The monoisotopic (exact) mass is 371 g/mol. The molecule has 27 heavy (non-hydrogen) atoms. The van der Waals surface area contributed by atoms with Gasteiger partial charge in [-0.1, -0.05) is 12.8 Å². The molecule has 3 aliphatic rings. The van der Waals surface area contributed by atoms with Gasteiger partial charge in [0, 0.05) is 31.7 Å². The van der Waals surface area contributed by atoms with Gasteiger partial charge < -0.3 is 19.9 Å². The average molecular weight is 371 g/mol. The van der Waals surface area contributed by atoms with Crippen LogP contribution >= 0.6 is 0 Å². The maximum atomic E-state index is 12.6. The van der Waals surface area contributed by atoms with Crippen molar-refractivity contribution in [3.8, 4) is 5.75 Å². The van der Waals surface area contributed by atoms with Crippen molar-refractivity contribution >= 4 is 17.5 Å². The van der Waals surface area contributed by atoms with E-state index in [1.807, 2.05) is 30.1 Å². The van der Waals surface area contributed by atoms with Crippen molar-refractivity contribution in [2.24, 2.45) is 0 Å². The van der Waals surface area contributed by atoms with Crippen LogP contribution in [0.2, 0.25) is 0 Å². The van der Waals surface area contributed by atoms with Gasteiger partial charge >= 0.3 is 0 Å². The van der Waals surface area contributed by atoms with E-state index < -0.39 is 0 Å². The molecule has 0 radical (unpaired) electrons. The Balaban J connectivity index is 1.40. The van der Waals surface area contributed by atoms with Crippen LogP contribution in [0.15, 0.2) is 18.2 Å². The second-order valence-corrected chi connectivity index (χ2v) is 8.06. The molecular weight excluding hydrogens is 342 g/mol. The lowest BCUT2D eigenvalue weighted by atomic mass is 10.1. The van der Waals surface area contributed by atoms with Gasteiger partial charge in [-0.2, -0.15) is 0 Å². The van der Waals surface area contributed by atoms with Crippen molar-refractivity contribution in [2.45, 2.75) is 57.1 Å². The molecule has 0 aromatic heterocycles. The highest BCUT2D eigenvalue weighted by molar-refractivity contribution is 5.96. The van der Waals surface area contributed by atoms with E-state index in [1.165, 1.54) is 12.8 Å². The molecule has 0 spiro atoms. The van der Waals surface area contributed by atoms with Crippen LogP contribution in [0.25, 0.3) is 0 Å². The minimum atomic E-state index is -0.163. The quantitative estimate of drug-likeness (QED) is 0.884. The highest BCUT2D eigenvalue weighted by atomic mass is 16.5. The molecule has 1 saturated heterocycles. The standard InChI is InChI=1S/C21H29N3O3/c1-23-14-17(13-20(25)22-16-6-2-3-7-16)27-19-9-8-15(12-18(19)23)21(26)24-10-4-5-11-24/h8-9,12,16-17H,2-7,10-11,13-14H2,1H3,(H,22,25)/t17-/m0/s1. The number of rotatable bonds is 4. The number of carbonyl (C=O) groups is 2. The fraction of sp³-hybridized carbons (Fsp3) is 0.619. The van der Waals surface area contributed by atoms with E-state index in [-0.39, 0.29) is 17.9 Å². The van der Waals surface area contributed by atoms with Crippen molar-refractivity contribution in [1.29, 1.82) is 0 Å². The Labute approximate surface area is 160 Å². The summed E-state index contributed by atoms with van der Waals surface area (Å²) in [4.78, 5) is 29.0. The van der Waals surface area contributed by atoms with Crippen LogP contribution in [-0.2, 0) is 4.79 Å². The molecule has 6 nitrogen and oxygen atoms in total. The molecule has 2 amide bonds. The number of hydrogen-bond donors (Lipinski definition) is 1. The zero-order chi connectivity index (χ0) is 18.8. The van der Waals surface area contributed by atoms with Gasteiger partial charge in [0.15, 0.2) is 0 Å². The molecular formula is C21H29N3O3. The molecule has 0 bridgehead atoms. The van der Waals surface area contributed by atoms with Gasteiger partial charge in [-0.15, -0.1) is 0 Å². The molecule has 4 rings (SSSR count). The highest BCUT2D eigenvalue weighted by Gasteiger charge is 2.28. The minimum Gasteiger partial charge on any atom is -0.486 e. The topological polar surface area (TPSA) is 61.9 Å². The normalized spacial score (nSPS) is 22.5. The largest absolute Gasteiger partial charge is 0.486 e. The molecule has 1 N–H and O–H groups in total. The summed E-state index contributed by atoms with van der Waals surface area (Å²) in [6.45, 7) is 2.34. The van der Waals surface area contributed by atoms with Gasteiger partial charge in [-0.05, 0) is 43.9 Å². The third-order valence-electron chi connectivity index (χ3n) is 5.91. The molecule has 1 aromatic carbocycles. The molecule has 0 unspecified atom stereocenters. The number of benzene rings is 1. The number of nitrogens with zero attached hydrogens (tertiary/aromatic N) is 2. The molecule has 1 saturated carbocycles. The second-order valence-electron chi connectivity index (χ2n) is 8.06. The van der Waals surface area contributed by atoms with Gasteiger partial charge in [-0.3, -0.25) is 9.59 Å². The van der Waals surface area contributed by atoms with Crippen molar-refractivity contribution in [3.05, 3.63) is 23.8 Å². The van der Waals surface area contributed by atoms with Gasteiger partial charge in [0.05, 0.1) is 18.7 Å². The van der Waals surface area contributed by atoms with Crippen molar-refractivity contribution in [1.82, 2.24) is 10.2 Å². The van der Waals surface area contributed by atoms with Gasteiger partial charge in [0.25, 0.3) is 5.91 Å². The zero-order valence-corrected chi connectivity index (χ0v) is 16.1. The fourth-order valence-electron chi connectivity index (χ4n) is 4.44. The van der Waals surface area contributed by atoms with Crippen LogP contribution in [0.5, 0.6) is 5.75 Å². The lowest BCUT2D eigenvalue weighted by molar-refractivity contribution is -0.123. The summed E-state index contributed by atoms with van der Waals surface area (Å²) in [7, 11) is 1.99. The summed E-state index contributed by atoms with van der Waals surface area (Å²) < 4.78 is 6.07. The van der Waals surface area contributed by atoms with E-state index in [0.717, 1.165) is 50.2 Å². The second kappa shape index (κ2) is 7.79. The SMILES string of the molecule is CN1C[C@H](CC(=O)NC2CCCC2)Oc2ccc(C(=O)N3CCCC3)cc21. The molecule has 1 aromatic rings. The van der Waals surface area contributed by atoms with E-state index >= 15 is 0 Å². The summed E-state index contributed by atoms with van der Waals surface area (Å²) >= 11 is 0. The third kappa shape index (κ3) is 4.04. The van der Waals surface area contributed by atoms with E-state index in [2.05, 4.69) is 10.2 Å². The van der Waals surface area contributed by atoms with Crippen LogP contribution in [0.4, 0.5) is 5.69 Å². The number of likely N-dealkylation sites (N-methyl/N-ethyl adjacent to an activating group) is 1. The minimum absolute atomic E-state index is 0.0737. The Bertz CT molecular complexity index is 709. The van der Waals surface area contributed by atoms with Crippen LogP contribution in [0, 0.1) is 0 Å². The smallest absolute Gasteiger partial charge is 0.253 e. The molecule has 1 atom stereocenters. The third-order valence-corrected chi connectivity index (χ3v) is 5.91. The summed E-state index contributed by atoms with van der Waals surface area (Å²) in [6, 6.07) is 5.97. The number of hydrogen-bond acceptors (Lipinski definition) is 4. The fourth-order valence-corrected chi connectivity index (χ4v) is 4.44. The van der Waals surface area contributed by atoms with E-state index in [0.29, 0.717) is 24.6 Å². The summed E-state index contributed by atoms with van der Waals surface area (Å²) in [6.07, 6.45) is 6.98. The lowest BCUT2D eigenvalue weighted by Crippen LogP contribution is -2.42. The number of anilines is 1. The van der Waals surface area contributed by atoms with Crippen LogP contribution in [0.3, 0.4) is 0 Å². The maximum Gasteiger partial charge on any atom is 0.253 e. The van der Waals surface area contributed by atoms with Gasteiger partial charge in [-0.25, -0.2) is 0 Å². The first-order chi connectivity index (χ1) is 13.1. The first-order valence-electron chi connectivity index (χ1n) is 10.2. The Kier molecular flexibility index (Phi) is 5.23. The van der Waals surface area contributed by atoms with E-state index in [9.17, 15) is 9.59 Å². The zero-order valence-electron chi connectivity index (χ0n) is 16.1. The van der Waals surface area contributed by atoms with E-state index in [4.69, 9.17) is 4.74 Å². The summed E-state index contributed by atoms with van der Waals surface area (Å²) in [5, 5.41) is 3.13. The van der Waals surface area contributed by atoms with Gasteiger partial charge in [0.1, 0.15) is 11.9 Å². The number of ether oxygens (including phenoxy) is 1. The molecule has 146 valence electrons. The van der Waals surface area contributed by atoms with Crippen molar-refractivity contribution in [2.75, 3.05) is 31.6 Å². The Morgan fingerprint density at radius 1 is 1.15 bits per heavy atom. The lowest BCUT2D eigenvalue weighted by Gasteiger charge is -2.34. The maximum absolute atomic E-state index is 12.6. The predicted octanol–water partition coefficient (Wildman–Crippen LogP) is 2.57. The van der Waals surface area contributed by atoms with Crippen LogP contribution in [0.1, 0.15) is 55.3 Å². The molecule has 2 heterocycles. The highest BCUT2D eigenvalue weighted by Crippen LogP contribution is 2.34. The number of likely N-dealkylation sites (tertiary alicyclic amines) is 1.